The van der Waals surface area contributed by atoms with Gasteiger partial charge in [0.2, 0.25) is 10.0 Å². The molecule has 2 aromatic carbocycles. The number of hydrogen-bond donors (Lipinski definition) is 1. The highest BCUT2D eigenvalue weighted by Crippen LogP contribution is 2.25. The van der Waals surface area contributed by atoms with Crippen molar-refractivity contribution in [2.75, 3.05) is 24.7 Å². The van der Waals surface area contributed by atoms with Crippen LogP contribution in [-0.4, -0.2) is 38.0 Å². The van der Waals surface area contributed by atoms with E-state index in [1.54, 1.807) is 31.7 Å². The van der Waals surface area contributed by atoms with E-state index >= 15 is 0 Å². The molecule has 26 heavy (non-hydrogen) atoms. The Balaban J connectivity index is 2.36. The van der Waals surface area contributed by atoms with E-state index in [9.17, 15) is 13.2 Å². The molecule has 0 bridgehead atoms. The molecule has 2 rings (SSSR count). The highest BCUT2D eigenvalue weighted by Gasteiger charge is 2.24. The monoisotopic (exact) mass is 412 g/mol. The Kier molecular flexibility index (Phi) is 7.11. The van der Waals surface area contributed by atoms with E-state index in [-0.39, 0.29) is 15.5 Å². The van der Waals surface area contributed by atoms with Crippen molar-refractivity contribution in [1.82, 2.24) is 4.31 Å². The van der Waals surface area contributed by atoms with Gasteiger partial charge >= 0.3 is 0 Å². The van der Waals surface area contributed by atoms with Crippen molar-refractivity contribution in [3.05, 3.63) is 53.1 Å². The van der Waals surface area contributed by atoms with Gasteiger partial charge in [-0.05, 0) is 42.7 Å². The van der Waals surface area contributed by atoms with Crippen molar-refractivity contribution >= 4 is 45.0 Å². The van der Waals surface area contributed by atoms with Crippen LogP contribution in [0.2, 0.25) is 5.02 Å². The zero-order valence-corrected chi connectivity index (χ0v) is 17.2. The lowest BCUT2D eigenvalue weighted by Gasteiger charge is -2.19. The molecule has 1 amide bonds. The number of anilines is 1. The Hall–Kier alpha value is -1.54. The number of sulfonamides is 1. The summed E-state index contributed by atoms with van der Waals surface area (Å²) in [6.07, 6.45) is 1.94. The quantitative estimate of drug-likeness (QED) is 0.686. The standard InChI is InChI=1S/C18H21ClN2O3S2/c1-4-21(5-2)26(23,24)15-9-10-17(19)16(12-15)18(22)20-13-7-6-8-14(11-13)25-3/h6-12H,4-5H2,1-3H3,(H,20,22). The van der Waals surface area contributed by atoms with Crippen LogP contribution in [-0.2, 0) is 10.0 Å². The molecule has 0 saturated heterocycles. The van der Waals surface area contributed by atoms with Crippen LogP contribution in [0.3, 0.4) is 0 Å². The molecule has 0 unspecified atom stereocenters. The van der Waals surface area contributed by atoms with Gasteiger partial charge in [0.15, 0.2) is 0 Å². The molecule has 0 atom stereocenters. The second-order valence-electron chi connectivity index (χ2n) is 5.42. The first-order valence-electron chi connectivity index (χ1n) is 8.08. The molecule has 0 spiro atoms. The number of carbonyl (C=O) groups is 1. The highest BCUT2D eigenvalue weighted by molar-refractivity contribution is 7.98. The van der Waals surface area contributed by atoms with Crippen LogP contribution < -0.4 is 5.32 Å². The zero-order chi connectivity index (χ0) is 19.3. The lowest BCUT2D eigenvalue weighted by molar-refractivity contribution is 0.102. The summed E-state index contributed by atoms with van der Waals surface area (Å²) in [5.41, 5.74) is 0.740. The maximum absolute atomic E-state index is 12.7. The molecule has 0 saturated carbocycles. The van der Waals surface area contributed by atoms with Gasteiger partial charge in [-0.1, -0.05) is 31.5 Å². The molecule has 0 aliphatic heterocycles. The van der Waals surface area contributed by atoms with E-state index in [1.807, 2.05) is 24.5 Å². The third-order valence-corrected chi connectivity index (χ3v) is 6.95. The number of halogens is 1. The van der Waals surface area contributed by atoms with Gasteiger partial charge < -0.3 is 5.32 Å². The van der Waals surface area contributed by atoms with Crippen molar-refractivity contribution in [1.29, 1.82) is 0 Å². The predicted octanol–water partition coefficient (Wildman–Crippen LogP) is 4.34. The lowest BCUT2D eigenvalue weighted by atomic mass is 10.2. The van der Waals surface area contributed by atoms with Crippen LogP contribution in [0.1, 0.15) is 24.2 Å². The second kappa shape index (κ2) is 8.90. The minimum absolute atomic E-state index is 0.0496. The summed E-state index contributed by atoms with van der Waals surface area (Å²) in [5.74, 6) is -0.454. The molecule has 2 aromatic rings. The maximum atomic E-state index is 12.7. The maximum Gasteiger partial charge on any atom is 0.257 e. The molecule has 0 fully saturated rings. The largest absolute Gasteiger partial charge is 0.322 e. The second-order valence-corrected chi connectivity index (χ2v) is 8.64. The predicted molar refractivity (Wildman–Crippen MR) is 108 cm³/mol. The van der Waals surface area contributed by atoms with Gasteiger partial charge in [0.1, 0.15) is 0 Å². The molecular weight excluding hydrogens is 392 g/mol. The van der Waals surface area contributed by atoms with E-state index in [0.29, 0.717) is 18.8 Å². The van der Waals surface area contributed by atoms with Crippen LogP contribution in [0.4, 0.5) is 5.69 Å². The van der Waals surface area contributed by atoms with Crippen molar-refractivity contribution in [2.45, 2.75) is 23.6 Å². The summed E-state index contributed by atoms with van der Waals surface area (Å²) in [6, 6.07) is 11.6. The highest BCUT2D eigenvalue weighted by atomic mass is 35.5. The zero-order valence-electron chi connectivity index (χ0n) is 14.8. The smallest absolute Gasteiger partial charge is 0.257 e. The Morgan fingerprint density at radius 3 is 2.46 bits per heavy atom. The van der Waals surface area contributed by atoms with Gasteiger partial charge in [0.25, 0.3) is 5.91 Å². The number of amides is 1. The van der Waals surface area contributed by atoms with Gasteiger partial charge in [-0.15, -0.1) is 11.8 Å². The van der Waals surface area contributed by atoms with Crippen LogP contribution >= 0.6 is 23.4 Å². The van der Waals surface area contributed by atoms with Crippen molar-refractivity contribution in [3.63, 3.8) is 0 Å². The summed E-state index contributed by atoms with van der Waals surface area (Å²) < 4.78 is 26.7. The van der Waals surface area contributed by atoms with Gasteiger partial charge in [0.05, 0.1) is 15.5 Å². The van der Waals surface area contributed by atoms with Crippen molar-refractivity contribution in [2.24, 2.45) is 0 Å². The van der Waals surface area contributed by atoms with E-state index in [4.69, 9.17) is 11.6 Å². The number of benzene rings is 2. The van der Waals surface area contributed by atoms with Crippen LogP contribution in [0, 0.1) is 0 Å². The fraction of sp³-hybridized carbons (Fsp3) is 0.278. The first kappa shape index (κ1) is 20.8. The average molecular weight is 413 g/mol. The molecule has 0 aliphatic rings. The summed E-state index contributed by atoms with van der Waals surface area (Å²) in [7, 11) is -3.67. The Bertz CT molecular complexity index is 897. The van der Waals surface area contributed by atoms with Crippen LogP contribution in [0.5, 0.6) is 0 Å². The van der Waals surface area contributed by atoms with Crippen LogP contribution in [0.25, 0.3) is 0 Å². The van der Waals surface area contributed by atoms with E-state index < -0.39 is 15.9 Å². The summed E-state index contributed by atoms with van der Waals surface area (Å²) in [5, 5.41) is 2.96. The van der Waals surface area contributed by atoms with E-state index in [0.717, 1.165) is 4.90 Å². The molecule has 0 heterocycles. The van der Waals surface area contributed by atoms with Gasteiger partial charge in [0, 0.05) is 23.7 Å². The fourth-order valence-electron chi connectivity index (χ4n) is 2.45. The SMILES string of the molecule is CCN(CC)S(=O)(=O)c1ccc(Cl)c(C(=O)Nc2cccc(SC)c2)c1. The fourth-order valence-corrected chi connectivity index (χ4v) is 4.60. The summed E-state index contributed by atoms with van der Waals surface area (Å²) in [4.78, 5) is 13.7. The van der Waals surface area contributed by atoms with E-state index in [2.05, 4.69) is 5.32 Å². The van der Waals surface area contributed by atoms with Crippen molar-refractivity contribution in [3.8, 4) is 0 Å². The topological polar surface area (TPSA) is 66.5 Å². The third kappa shape index (κ3) is 4.59. The van der Waals surface area contributed by atoms with Gasteiger partial charge in [-0.3, -0.25) is 4.79 Å². The Labute approximate surface area is 163 Å². The minimum Gasteiger partial charge on any atom is -0.322 e. The van der Waals surface area contributed by atoms with Crippen LogP contribution in [0.15, 0.2) is 52.3 Å². The minimum atomic E-state index is -3.67. The number of thioether (sulfide) groups is 1. The van der Waals surface area contributed by atoms with Gasteiger partial charge in [-0.2, -0.15) is 4.31 Å². The molecule has 5 nitrogen and oxygen atoms in total. The normalized spacial score (nSPS) is 11.6. The molecule has 0 radical (unpaired) electrons. The molecule has 8 heteroatoms. The lowest BCUT2D eigenvalue weighted by Crippen LogP contribution is -2.30. The Morgan fingerprint density at radius 2 is 1.85 bits per heavy atom. The molecular formula is C18H21ClN2O3S2. The van der Waals surface area contributed by atoms with E-state index in [1.165, 1.54) is 22.5 Å². The Morgan fingerprint density at radius 1 is 1.15 bits per heavy atom. The molecule has 0 aromatic heterocycles. The summed E-state index contributed by atoms with van der Waals surface area (Å²) in [6.45, 7) is 4.24. The first-order valence-corrected chi connectivity index (χ1v) is 11.1. The average Bonchev–Trinajstić information content (AvgIpc) is 2.62. The number of rotatable bonds is 7. The first-order chi connectivity index (χ1) is 12.3. The number of carbonyl (C=O) groups excluding carboxylic acids is 1. The molecule has 0 aliphatic carbocycles. The molecule has 140 valence electrons. The number of nitrogens with one attached hydrogen (secondary N) is 1. The van der Waals surface area contributed by atoms with Crippen molar-refractivity contribution < 1.29 is 13.2 Å². The third-order valence-electron chi connectivity index (χ3n) is 3.85. The van der Waals surface area contributed by atoms with Gasteiger partial charge in [-0.25, -0.2) is 8.42 Å². The molecule has 1 N–H and O–H groups in total. The number of hydrogen-bond acceptors (Lipinski definition) is 4. The number of nitrogens with zero attached hydrogens (tertiary/aromatic N) is 1. The summed E-state index contributed by atoms with van der Waals surface area (Å²) >= 11 is 7.70.